The zero-order chi connectivity index (χ0) is 16.2. The van der Waals surface area contributed by atoms with Crippen LogP contribution in [-0.2, 0) is 19.1 Å². The summed E-state index contributed by atoms with van der Waals surface area (Å²) in [6.07, 6.45) is -6.89. The van der Waals surface area contributed by atoms with E-state index < -0.39 is 62.1 Å². The quantitative estimate of drug-likeness (QED) is 0.371. The van der Waals surface area contributed by atoms with Crippen LogP contribution in [0, 0.1) is 0 Å². The van der Waals surface area contributed by atoms with E-state index in [1.54, 1.807) is 0 Å². The number of carboxylic acids is 1. The molecule has 6 atom stereocenters. The fourth-order valence-corrected chi connectivity index (χ4v) is 1.88. The lowest BCUT2D eigenvalue weighted by Gasteiger charge is -2.42. The van der Waals surface area contributed by atoms with Gasteiger partial charge in [-0.2, -0.15) is 0 Å². The van der Waals surface area contributed by atoms with Crippen LogP contribution in [0.1, 0.15) is 15.2 Å². The number of nitrogens with one attached hydrogen (secondary N) is 1. The second-order valence-corrected chi connectivity index (χ2v) is 4.41. The van der Waals surface area contributed by atoms with Gasteiger partial charge in [0.05, 0.1) is 6.61 Å². The van der Waals surface area contributed by atoms with Gasteiger partial charge in [0.15, 0.2) is 12.4 Å². The van der Waals surface area contributed by atoms with Crippen LogP contribution >= 0.6 is 0 Å². The van der Waals surface area contributed by atoms with Crippen LogP contribution in [0.5, 0.6) is 0 Å². The maximum absolute atomic E-state index is 11.3. The minimum Gasteiger partial charge on any atom is -0.479 e. The fraction of sp³-hybridized carbons (Fsp3) is 0.818. The van der Waals surface area contributed by atoms with Crippen LogP contribution in [0.4, 0.5) is 0 Å². The van der Waals surface area contributed by atoms with Crippen LogP contribution < -0.4 is 5.32 Å². The Balaban J connectivity index is 2.93. The minimum absolute atomic E-state index is 0.621. The molecular weight excluding hydrogens is 274 g/mol. The monoisotopic (exact) mass is 294 g/mol. The molecule has 0 aromatic carbocycles. The molecule has 1 aliphatic heterocycles. The number of aliphatic hydroxyl groups is 3. The normalized spacial score (nSPS) is 36.0. The highest BCUT2D eigenvalue weighted by Crippen LogP contribution is 2.23. The van der Waals surface area contributed by atoms with E-state index in [9.17, 15) is 19.8 Å². The van der Waals surface area contributed by atoms with Gasteiger partial charge in [-0.1, -0.05) is 0 Å². The molecule has 1 saturated heterocycles. The number of aliphatic hydroxyl groups excluding tert-OH is 3. The number of hydrogen-bond donors (Lipinski definition) is 5. The van der Waals surface area contributed by atoms with Gasteiger partial charge in [0.25, 0.3) is 0 Å². The van der Waals surface area contributed by atoms with Crippen molar-refractivity contribution in [1.29, 1.82) is 0 Å². The highest BCUT2D eigenvalue weighted by Gasteiger charge is 2.46. The third-order valence-electron chi connectivity index (χ3n) is 2.91. The summed E-state index contributed by atoms with van der Waals surface area (Å²) in [5.41, 5.74) is 0. The van der Waals surface area contributed by atoms with Gasteiger partial charge in [-0.05, 0) is 6.92 Å². The lowest BCUT2D eigenvalue weighted by molar-refractivity contribution is -0.267. The third kappa shape index (κ3) is 3.87. The molecule has 0 saturated carbocycles. The smallest absolute Gasteiger partial charge is 0.332 e. The first-order valence-electron chi connectivity index (χ1n) is 6.61. The van der Waals surface area contributed by atoms with Gasteiger partial charge in [-0.15, -0.1) is 0 Å². The van der Waals surface area contributed by atoms with Crippen molar-refractivity contribution < 1.29 is 40.9 Å². The SMILES string of the molecule is [2H]CC(=O)N[C@H]1C(O)O[C@H](CO)[C@@H](O)[C@@H]1O[C@H](C)C(=O)O. The Morgan fingerprint density at radius 1 is 1.50 bits per heavy atom. The zero-order valence-electron chi connectivity index (χ0n) is 11.8. The van der Waals surface area contributed by atoms with Crippen molar-refractivity contribution in [2.75, 3.05) is 6.61 Å². The van der Waals surface area contributed by atoms with Crippen LogP contribution in [-0.4, -0.2) is 75.7 Å². The molecule has 1 fully saturated rings. The molecule has 1 aliphatic rings. The van der Waals surface area contributed by atoms with Crippen LogP contribution in [0.3, 0.4) is 0 Å². The first-order valence-corrected chi connectivity index (χ1v) is 5.91. The number of ether oxygens (including phenoxy) is 2. The summed E-state index contributed by atoms with van der Waals surface area (Å²) in [7, 11) is 0. The number of rotatable bonds is 5. The molecule has 1 rings (SSSR count). The standard InChI is InChI=1S/C11H19NO8/c1-4(10(16)17)19-9-7(12-5(2)14)11(18)20-6(3-13)8(9)15/h4,6-9,11,13,15,18H,3H2,1-2H3,(H,12,14)(H,16,17)/t4-,6-,7-,8-,9-,11?/m1/s1/i2D. The maximum Gasteiger partial charge on any atom is 0.332 e. The van der Waals surface area contributed by atoms with Gasteiger partial charge < -0.3 is 35.2 Å². The van der Waals surface area contributed by atoms with E-state index in [1.165, 1.54) is 6.92 Å². The Kier molecular flexibility index (Phi) is 5.26. The first kappa shape index (κ1) is 15.1. The second kappa shape index (κ2) is 6.95. The van der Waals surface area contributed by atoms with Crippen molar-refractivity contribution in [1.82, 2.24) is 5.32 Å². The summed E-state index contributed by atoms with van der Waals surface area (Å²) in [5, 5.41) is 40.0. The summed E-state index contributed by atoms with van der Waals surface area (Å²) >= 11 is 0. The topological polar surface area (TPSA) is 146 Å². The second-order valence-electron chi connectivity index (χ2n) is 4.41. The van der Waals surface area contributed by atoms with Gasteiger partial charge in [-0.3, -0.25) is 4.79 Å². The Morgan fingerprint density at radius 2 is 2.15 bits per heavy atom. The Bertz CT molecular complexity index is 381. The Morgan fingerprint density at radius 3 is 2.65 bits per heavy atom. The highest BCUT2D eigenvalue weighted by molar-refractivity contribution is 5.73. The summed E-state index contributed by atoms with van der Waals surface area (Å²) in [4.78, 5) is 22.1. The lowest BCUT2D eigenvalue weighted by Crippen LogP contribution is -2.65. The van der Waals surface area contributed by atoms with Crippen molar-refractivity contribution in [3.8, 4) is 0 Å². The summed E-state index contributed by atoms with van der Waals surface area (Å²) in [6.45, 7) is -0.0309. The molecule has 9 heteroatoms. The molecule has 0 aromatic rings. The van der Waals surface area contributed by atoms with E-state index in [-0.39, 0.29) is 0 Å². The molecule has 0 spiro atoms. The molecule has 1 unspecified atom stereocenters. The average molecular weight is 294 g/mol. The average Bonchev–Trinajstić information content (AvgIpc) is 2.45. The van der Waals surface area contributed by atoms with Crippen molar-refractivity contribution in [3.05, 3.63) is 0 Å². The van der Waals surface area contributed by atoms with Gasteiger partial charge in [0.1, 0.15) is 24.4 Å². The third-order valence-corrected chi connectivity index (χ3v) is 2.91. The van der Waals surface area contributed by atoms with Gasteiger partial charge >= 0.3 is 5.97 Å². The van der Waals surface area contributed by atoms with E-state index in [1.807, 2.05) is 0 Å². The fourth-order valence-electron chi connectivity index (χ4n) is 1.88. The maximum atomic E-state index is 11.3. The number of amides is 1. The molecule has 0 bridgehead atoms. The molecule has 0 aromatic heterocycles. The van der Waals surface area contributed by atoms with E-state index in [2.05, 4.69) is 5.32 Å². The van der Waals surface area contributed by atoms with Crippen molar-refractivity contribution in [2.45, 2.75) is 50.6 Å². The number of aliphatic carboxylic acids is 1. The van der Waals surface area contributed by atoms with Crippen molar-refractivity contribution >= 4 is 11.9 Å². The summed E-state index contributed by atoms with van der Waals surface area (Å²) in [6, 6.07) is -1.26. The molecule has 9 nitrogen and oxygen atoms in total. The van der Waals surface area contributed by atoms with E-state index >= 15 is 0 Å². The molecule has 116 valence electrons. The van der Waals surface area contributed by atoms with Crippen LogP contribution in [0.25, 0.3) is 0 Å². The largest absolute Gasteiger partial charge is 0.479 e. The van der Waals surface area contributed by atoms with E-state index in [4.69, 9.17) is 21.1 Å². The number of carbonyl (C=O) groups is 2. The van der Waals surface area contributed by atoms with Gasteiger partial charge in [0.2, 0.25) is 5.91 Å². The van der Waals surface area contributed by atoms with Gasteiger partial charge in [-0.25, -0.2) is 4.79 Å². The predicted molar refractivity (Wildman–Crippen MR) is 63.5 cm³/mol. The summed E-state index contributed by atoms with van der Waals surface area (Å²) < 4.78 is 17.0. The molecule has 0 aliphatic carbocycles. The Hall–Kier alpha value is -1.26. The van der Waals surface area contributed by atoms with Crippen molar-refractivity contribution in [3.63, 3.8) is 0 Å². The molecule has 0 radical (unpaired) electrons. The molecule has 1 amide bonds. The van der Waals surface area contributed by atoms with Crippen LogP contribution in [0.15, 0.2) is 0 Å². The lowest BCUT2D eigenvalue weighted by atomic mass is 9.96. The number of carbonyl (C=O) groups excluding carboxylic acids is 1. The van der Waals surface area contributed by atoms with Crippen molar-refractivity contribution in [2.24, 2.45) is 0 Å². The molecule has 5 N–H and O–H groups in total. The van der Waals surface area contributed by atoms with Gasteiger partial charge in [0, 0.05) is 8.27 Å². The first-order chi connectivity index (χ1) is 9.81. The van der Waals surface area contributed by atoms with Crippen LogP contribution in [0.2, 0.25) is 0 Å². The van der Waals surface area contributed by atoms with E-state index in [0.717, 1.165) is 0 Å². The van der Waals surface area contributed by atoms with E-state index in [0.29, 0.717) is 0 Å². The zero-order valence-corrected chi connectivity index (χ0v) is 10.8. The number of carboxylic acid groups (broad SMARTS) is 1. The molecular formula is C11H19NO8. The predicted octanol–water partition coefficient (Wildman–Crippen LogP) is -2.58. The molecule has 20 heavy (non-hydrogen) atoms. The highest BCUT2D eigenvalue weighted by atomic mass is 16.6. The minimum atomic E-state index is -1.62. The summed E-state index contributed by atoms with van der Waals surface area (Å²) in [5.74, 6) is -2.05. The Labute approximate surface area is 116 Å². The molecule has 1 heterocycles. The number of hydrogen-bond acceptors (Lipinski definition) is 7.